The van der Waals surface area contributed by atoms with Crippen LogP contribution in [0.2, 0.25) is 5.02 Å². The van der Waals surface area contributed by atoms with Crippen LogP contribution in [0.3, 0.4) is 0 Å². The van der Waals surface area contributed by atoms with Crippen LogP contribution in [0.4, 0.5) is 5.82 Å². The fourth-order valence-corrected chi connectivity index (χ4v) is 3.60. The van der Waals surface area contributed by atoms with Gasteiger partial charge in [0.05, 0.1) is 25.3 Å². The molecule has 0 saturated carbocycles. The quantitative estimate of drug-likeness (QED) is 0.882. The van der Waals surface area contributed by atoms with Crippen molar-refractivity contribution in [3.63, 3.8) is 0 Å². The van der Waals surface area contributed by atoms with Gasteiger partial charge in [-0.25, -0.2) is 4.98 Å². The number of amides is 1. The zero-order valence-electron chi connectivity index (χ0n) is 12.6. The minimum Gasteiger partial charge on any atom is -0.467 e. The number of hydrogen-bond donors (Lipinski definition) is 1. The van der Waals surface area contributed by atoms with Gasteiger partial charge in [-0.15, -0.1) is 0 Å². The largest absolute Gasteiger partial charge is 0.467 e. The third kappa shape index (κ3) is 2.38. The van der Waals surface area contributed by atoms with Crippen molar-refractivity contribution < 1.29 is 14.3 Å². The summed E-state index contributed by atoms with van der Waals surface area (Å²) in [5.41, 5.74) is -0.450. The molecule has 0 aliphatic carbocycles. The number of carbonyl (C=O) groups excluding carboxylic acids is 1. The highest BCUT2D eigenvalue weighted by Gasteiger charge is 2.53. The molecule has 1 N–H and O–H groups in total. The SMILES string of the molecule is CNC(=O)C12CCOCC1CN(c1nc(OC)ncc1Cl)C2. The highest BCUT2D eigenvalue weighted by Crippen LogP contribution is 2.44. The molecule has 2 aliphatic rings. The van der Waals surface area contributed by atoms with E-state index in [9.17, 15) is 4.79 Å². The van der Waals surface area contributed by atoms with Crippen molar-refractivity contribution in [2.75, 3.05) is 45.4 Å². The molecule has 0 bridgehead atoms. The predicted molar refractivity (Wildman–Crippen MR) is 81.2 cm³/mol. The maximum absolute atomic E-state index is 12.5. The summed E-state index contributed by atoms with van der Waals surface area (Å²) in [4.78, 5) is 22.8. The first kappa shape index (κ1) is 15.3. The van der Waals surface area contributed by atoms with Crippen LogP contribution in [-0.2, 0) is 9.53 Å². The summed E-state index contributed by atoms with van der Waals surface area (Å²) in [6.45, 7) is 2.41. The zero-order valence-corrected chi connectivity index (χ0v) is 13.4. The molecule has 1 amide bonds. The lowest BCUT2D eigenvalue weighted by atomic mass is 9.73. The molecule has 0 spiro atoms. The van der Waals surface area contributed by atoms with Gasteiger partial charge in [-0.1, -0.05) is 11.6 Å². The number of anilines is 1. The second kappa shape index (κ2) is 5.89. The Balaban J connectivity index is 1.93. The van der Waals surface area contributed by atoms with E-state index in [1.165, 1.54) is 13.3 Å². The van der Waals surface area contributed by atoms with E-state index in [1.54, 1.807) is 7.05 Å². The van der Waals surface area contributed by atoms with Gasteiger partial charge < -0.3 is 19.7 Å². The highest BCUT2D eigenvalue weighted by molar-refractivity contribution is 6.32. The summed E-state index contributed by atoms with van der Waals surface area (Å²) in [5.74, 6) is 0.782. The number of hydrogen-bond acceptors (Lipinski definition) is 6. The Bertz CT molecular complexity index is 585. The van der Waals surface area contributed by atoms with Gasteiger partial charge in [0, 0.05) is 32.7 Å². The van der Waals surface area contributed by atoms with E-state index >= 15 is 0 Å². The molecule has 2 aliphatic heterocycles. The van der Waals surface area contributed by atoms with E-state index in [1.807, 2.05) is 4.90 Å². The van der Waals surface area contributed by atoms with Crippen LogP contribution in [0.5, 0.6) is 6.01 Å². The molecule has 3 rings (SSSR count). The molecule has 0 radical (unpaired) electrons. The van der Waals surface area contributed by atoms with E-state index in [0.717, 1.165) is 0 Å². The average Bonchev–Trinajstić information content (AvgIpc) is 2.95. The number of halogens is 1. The summed E-state index contributed by atoms with van der Waals surface area (Å²) in [5, 5.41) is 3.25. The molecule has 2 unspecified atom stereocenters. The Morgan fingerprint density at radius 2 is 2.45 bits per heavy atom. The van der Waals surface area contributed by atoms with Crippen LogP contribution in [0.25, 0.3) is 0 Å². The Hall–Kier alpha value is -1.60. The first-order chi connectivity index (χ1) is 10.6. The van der Waals surface area contributed by atoms with Crippen LogP contribution in [0.1, 0.15) is 6.42 Å². The number of carbonyl (C=O) groups is 1. The molecule has 8 heteroatoms. The molecule has 2 saturated heterocycles. The van der Waals surface area contributed by atoms with Gasteiger partial charge in [0.15, 0.2) is 5.82 Å². The van der Waals surface area contributed by atoms with Crippen molar-refractivity contribution in [2.24, 2.45) is 11.3 Å². The molecule has 3 heterocycles. The van der Waals surface area contributed by atoms with Crippen molar-refractivity contribution in [1.82, 2.24) is 15.3 Å². The van der Waals surface area contributed by atoms with E-state index in [2.05, 4.69) is 15.3 Å². The van der Waals surface area contributed by atoms with Crippen LogP contribution < -0.4 is 15.0 Å². The fourth-order valence-electron chi connectivity index (χ4n) is 3.39. The maximum Gasteiger partial charge on any atom is 0.318 e. The van der Waals surface area contributed by atoms with Crippen molar-refractivity contribution in [3.8, 4) is 6.01 Å². The molecule has 1 aromatic rings. The summed E-state index contributed by atoms with van der Waals surface area (Å²) >= 11 is 6.24. The summed E-state index contributed by atoms with van der Waals surface area (Å²) in [6.07, 6.45) is 2.22. The Labute approximate surface area is 134 Å². The highest BCUT2D eigenvalue weighted by atomic mass is 35.5. The lowest BCUT2D eigenvalue weighted by Gasteiger charge is -2.36. The predicted octanol–water partition coefficient (Wildman–Crippen LogP) is 0.727. The summed E-state index contributed by atoms with van der Waals surface area (Å²) in [7, 11) is 3.18. The first-order valence-corrected chi connectivity index (χ1v) is 7.60. The number of methoxy groups -OCH3 is 1. The average molecular weight is 327 g/mol. The molecule has 7 nitrogen and oxygen atoms in total. The fraction of sp³-hybridized carbons (Fsp3) is 0.643. The maximum atomic E-state index is 12.5. The molecule has 2 fully saturated rings. The number of aromatic nitrogens is 2. The van der Waals surface area contributed by atoms with E-state index in [-0.39, 0.29) is 17.8 Å². The second-order valence-corrected chi connectivity index (χ2v) is 6.07. The lowest BCUT2D eigenvalue weighted by molar-refractivity contribution is -0.138. The first-order valence-electron chi connectivity index (χ1n) is 7.22. The van der Waals surface area contributed by atoms with Gasteiger partial charge in [-0.3, -0.25) is 4.79 Å². The van der Waals surface area contributed by atoms with Crippen LogP contribution in [0.15, 0.2) is 6.20 Å². The van der Waals surface area contributed by atoms with Crippen molar-refractivity contribution in [3.05, 3.63) is 11.2 Å². The van der Waals surface area contributed by atoms with Gasteiger partial charge >= 0.3 is 6.01 Å². The molecule has 0 aromatic carbocycles. The molecule has 22 heavy (non-hydrogen) atoms. The van der Waals surface area contributed by atoms with Gasteiger partial charge in [0.2, 0.25) is 5.91 Å². The number of nitrogens with one attached hydrogen (secondary N) is 1. The summed E-state index contributed by atoms with van der Waals surface area (Å²) in [6, 6.07) is 0.263. The van der Waals surface area contributed by atoms with Crippen molar-refractivity contribution in [1.29, 1.82) is 0 Å². The summed E-state index contributed by atoms with van der Waals surface area (Å²) < 4.78 is 10.6. The van der Waals surface area contributed by atoms with Crippen LogP contribution in [0, 0.1) is 11.3 Å². The van der Waals surface area contributed by atoms with E-state index < -0.39 is 5.41 Å². The van der Waals surface area contributed by atoms with E-state index in [0.29, 0.717) is 43.6 Å². The Morgan fingerprint density at radius 1 is 1.64 bits per heavy atom. The Kier molecular flexibility index (Phi) is 4.10. The molecule has 1 aromatic heterocycles. The smallest absolute Gasteiger partial charge is 0.318 e. The molecular formula is C14H19ClN4O3. The standard InChI is InChI=1S/C14H19ClN4O3/c1-16-12(20)14-3-4-22-7-9(14)6-19(8-14)11-10(15)5-17-13(18-11)21-2/h5,9H,3-4,6-8H2,1-2H3,(H,16,20). The van der Waals surface area contributed by atoms with E-state index in [4.69, 9.17) is 21.1 Å². The number of fused-ring (bicyclic) bond motifs is 1. The van der Waals surface area contributed by atoms with Gasteiger partial charge in [0.1, 0.15) is 5.02 Å². The minimum atomic E-state index is -0.450. The van der Waals surface area contributed by atoms with Crippen LogP contribution in [-0.4, -0.2) is 56.3 Å². The third-order valence-corrected chi connectivity index (χ3v) is 4.84. The van der Waals surface area contributed by atoms with Gasteiger partial charge in [-0.2, -0.15) is 4.98 Å². The zero-order chi connectivity index (χ0) is 15.7. The molecule has 120 valence electrons. The normalized spacial score (nSPS) is 27.4. The van der Waals surface area contributed by atoms with Gasteiger partial charge in [0.25, 0.3) is 0 Å². The third-order valence-electron chi connectivity index (χ3n) is 4.57. The second-order valence-electron chi connectivity index (χ2n) is 5.67. The minimum absolute atomic E-state index is 0.0560. The lowest BCUT2D eigenvalue weighted by Crippen LogP contribution is -2.49. The number of nitrogens with zero attached hydrogens (tertiary/aromatic N) is 3. The monoisotopic (exact) mass is 326 g/mol. The Morgan fingerprint density at radius 3 is 3.18 bits per heavy atom. The molecular weight excluding hydrogens is 308 g/mol. The van der Waals surface area contributed by atoms with Crippen molar-refractivity contribution >= 4 is 23.3 Å². The molecule has 2 atom stereocenters. The topological polar surface area (TPSA) is 76.6 Å². The number of rotatable bonds is 3. The van der Waals surface area contributed by atoms with Crippen molar-refractivity contribution in [2.45, 2.75) is 6.42 Å². The van der Waals surface area contributed by atoms with Gasteiger partial charge in [-0.05, 0) is 6.42 Å². The van der Waals surface area contributed by atoms with Crippen LogP contribution >= 0.6 is 11.6 Å². The number of ether oxygens (including phenoxy) is 2.